The second-order valence-corrected chi connectivity index (χ2v) is 5.43. The highest BCUT2D eigenvalue weighted by Gasteiger charge is 2.23. The lowest BCUT2D eigenvalue weighted by Gasteiger charge is -2.26. The summed E-state index contributed by atoms with van der Waals surface area (Å²) in [5, 5.41) is 10.1. The number of hydrogen-bond acceptors (Lipinski definition) is 2. The number of aryl methyl sites for hydroxylation is 3. The van der Waals surface area contributed by atoms with Gasteiger partial charge in [-0.1, -0.05) is 24.3 Å². The molecule has 1 amide bonds. The Balaban J connectivity index is 1.84. The molecule has 0 saturated heterocycles. The van der Waals surface area contributed by atoms with Crippen molar-refractivity contribution in [1.29, 1.82) is 0 Å². The maximum Gasteiger partial charge on any atom is 0.255 e. The van der Waals surface area contributed by atoms with Crippen molar-refractivity contribution >= 4 is 5.91 Å². The monoisotopic (exact) mass is 269 g/mol. The minimum absolute atomic E-state index is 0.0320. The second-order valence-electron chi connectivity index (χ2n) is 5.43. The predicted molar refractivity (Wildman–Crippen MR) is 77.6 cm³/mol. The van der Waals surface area contributed by atoms with E-state index in [2.05, 4.69) is 33.7 Å². The average molecular weight is 269 g/mol. The highest BCUT2D eigenvalue weighted by atomic mass is 16.1. The van der Waals surface area contributed by atoms with Crippen LogP contribution < -0.4 is 5.32 Å². The van der Waals surface area contributed by atoms with Crippen LogP contribution in [0.4, 0.5) is 0 Å². The van der Waals surface area contributed by atoms with E-state index in [9.17, 15) is 4.79 Å². The highest BCUT2D eigenvalue weighted by Crippen LogP contribution is 2.29. The summed E-state index contributed by atoms with van der Waals surface area (Å²) in [5.74, 6) is -0.0320. The molecule has 0 aliphatic heterocycles. The largest absolute Gasteiger partial charge is 0.345 e. The molecule has 0 radical (unpaired) electrons. The number of fused-ring (bicyclic) bond motifs is 1. The van der Waals surface area contributed by atoms with Crippen molar-refractivity contribution in [3.63, 3.8) is 0 Å². The molecule has 0 saturated carbocycles. The Morgan fingerprint density at radius 1 is 1.35 bits per heavy atom. The number of carbonyl (C=O) groups excluding carboxylic acids is 1. The van der Waals surface area contributed by atoms with Gasteiger partial charge in [0.15, 0.2) is 0 Å². The average Bonchev–Trinajstić information content (AvgIpc) is 2.78. The molecule has 0 spiro atoms. The van der Waals surface area contributed by atoms with Gasteiger partial charge in [0.05, 0.1) is 17.3 Å². The van der Waals surface area contributed by atoms with Gasteiger partial charge < -0.3 is 5.32 Å². The summed E-state index contributed by atoms with van der Waals surface area (Å²) in [4.78, 5) is 12.5. The lowest BCUT2D eigenvalue weighted by Crippen LogP contribution is -2.31. The minimum Gasteiger partial charge on any atom is -0.345 e. The van der Waals surface area contributed by atoms with Gasteiger partial charge in [-0.2, -0.15) is 5.10 Å². The number of rotatable bonds is 2. The second kappa shape index (κ2) is 5.12. The van der Waals surface area contributed by atoms with Crippen LogP contribution in [0.3, 0.4) is 0 Å². The SMILES string of the molecule is Cc1n[nH]c(C)c1C(=O)N[C@H]1CCCc2ccccc21. The fourth-order valence-corrected chi connectivity index (χ4v) is 3.02. The molecule has 2 aromatic rings. The molecule has 104 valence electrons. The molecule has 4 nitrogen and oxygen atoms in total. The molecule has 2 N–H and O–H groups in total. The number of carbonyl (C=O) groups is 1. The van der Waals surface area contributed by atoms with E-state index in [0.29, 0.717) is 5.56 Å². The van der Waals surface area contributed by atoms with Crippen molar-refractivity contribution in [2.75, 3.05) is 0 Å². The Morgan fingerprint density at radius 2 is 2.15 bits per heavy atom. The smallest absolute Gasteiger partial charge is 0.255 e. The number of H-pyrrole nitrogens is 1. The summed E-state index contributed by atoms with van der Waals surface area (Å²) >= 11 is 0. The Kier molecular flexibility index (Phi) is 3.30. The fourth-order valence-electron chi connectivity index (χ4n) is 3.02. The highest BCUT2D eigenvalue weighted by molar-refractivity contribution is 5.96. The molecule has 1 heterocycles. The van der Waals surface area contributed by atoms with Gasteiger partial charge in [-0.3, -0.25) is 9.89 Å². The first-order valence-electron chi connectivity index (χ1n) is 7.07. The zero-order chi connectivity index (χ0) is 14.1. The lowest BCUT2D eigenvalue weighted by molar-refractivity contribution is 0.0931. The summed E-state index contributed by atoms with van der Waals surface area (Å²) in [6, 6.07) is 8.49. The van der Waals surface area contributed by atoms with Gasteiger partial charge in [-0.25, -0.2) is 0 Å². The predicted octanol–water partition coefficient (Wildman–Crippen LogP) is 2.83. The first kappa shape index (κ1) is 12.9. The van der Waals surface area contributed by atoms with Crippen molar-refractivity contribution in [3.8, 4) is 0 Å². The van der Waals surface area contributed by atoms with Crippen LogP contribution in [-0.4, -0.2) is 16.1 Å². The van der Waals surface area contributed by atoms with E-state index in [4.69, 9.17) is 0 Å². The van der Waals surface area contributed by atoms with Crippen LogP contribution in [0.1, 0.15) is 51.8 Å². The van der Waals surface area contributed by atoms with Crippen molar-refractivity contribution < 1.29 is 4.79 Å². The van der Waals surface area contributed by atoms with E-state index in [-0.39, 0.29) is 11.9 Å². The molecule has 0 bridgehead atoms. The standard InChI is InChI=1S/C16H19N3O/c1-10-15(11(2)19-18-10)16(20)17-14-9-5-7-12-6-3-4-8-13(12)14/h3-4,6,8,14H,5,7,9H2,1-2H3,(H,17,20)(H,18,19)/t14-/m0/s1. The van der Waals surface area contributed by atoms with Crippen LogP contribution in [0.25, 0.3) is 0 Å². The molecule has 1 aromatic heterocycles. The van der Waals surface area contributed by atoms with E-state index in [1.807, 2.05) is 19.9 Å². The molecular weight excluding hydrogens is 250 g/mol. The molecule has 3 rings (SSSR count). The number of aromatic nitrogens is 2. The number of aromatic amines is 1. The van der Waals surface area contributed by atoms with Gasteiger partial charge >= 0.3 is 0 Å². The Labute approximate surface area is 118 Å². The van der Waals surface area contributed by atoms with Crippen LogP contribution in [0.15, 0.2) is 24.3 Å². The van der Waals surface area contributed by atoms with Crippen LogP contribution in [-0.2, 0) is 6.42 Å². The number of nitrogens with zero attached hydrogens (tertiary/aromatic N) is 1. The van der Waals surface area contributed by atoms with Crippen LogP contribution in [0, 0.1) is 13.8 Å². The van der Waals surface area contributed by atoms with Gasteiger partial charge in [0.1, 0.15) is 0 Å². The van der Waals surface area contributed by atoms with E-state index < -0.39 is 0 Å². The Hall–Kier alpha value is -2.10. The van der Waals surface area contributed by atoms with E-state index >= 15 is 0 Å². The molecule has 4 heteroatoms. The maximum atomic E-state index is 12.5. The fraction of sp³-hybridized carbons (Fsp3) is 0.375. The van der Waals surface area contributed by atoms with Gasteiger partial charge in [0, 0.05) is 5.69 Å². The third-order valence-corrected chi connectivity index (χ3v) is 4.03. The van der Waals surface area contributed by atoms with Crippen molar-refractivity contribution in [2.45, 2.75) is 39.2 Å². The minimum atomic E-state index is -0.0320. The quantitative estimate of drug-likeness (QED) is 0.880. The first-order chi connectivity index (χ1) is 9.66. The Morgan fingerprint density at radius 3 is 2.90 bits per heavy atom. The summed E-state index contributed by atoms with van der Waals surface area (Å²) in [6.07, 6.45) is 3.22. The van der Waals surface area contributed by atoms with Gasteiger partial charge in [0.2, 0.25) is 0 Å². The molecule has 1 aromatic carbocycles. The van der Waals surface area contributed by atoms with Crippen molar-refractivity contribution in [1.82, 2.24) is 15.5 Å². The summed E-state index contributed by atoms with van der Waals surface area (Å²) in [5.41, 5.74) is 4.86. The Bertz CT molecular complexity index is 625. The third kappa shape index (κ3) is 2.22. The van der Waals surface area contributed by atoms with E-state index in [0.717, 1.165) is 30.7 Å². The van der Waals surface area contributed by atoms with Crippen molar-refractivity contribution in [2.24, 2.45) is 0 Å². The molecule has 1 aliphatic carbocycles. The summed E-state index contributed by atoms with van der Waals surface area (Å²) in [6.45, 7) is 3.73. The van der Waals surface area contributed by atoms with Gasteiger partial charge in [-0.15, -0.1) is 0 Å². The number of hydrogen-bond donors (Lipinski definition) is 2. The van der Waals surface area contributed by atoms with Gasteiger partial charge in [-0.05, 0) is 44.2 Å². The molecule has 1 aliphatic rings. The molecule has 20 heavy (non-hydrogen) atoms. The van der Waals surface area contributed by atoms with Crippen LogP contribution >= 0.6 is 0 Å². The first-order valence-corrected chi connectivity index (χ1v) is 7.07. The van der Waals surface area contributed by atoms with Gasteiger partial charge in [0.25, 0.3) is 5.91 Å². The van der Waals surface area contributed by atoms with Crippen molar-refractivity contribution in [3.05, 3.63) is 52.3 Å². The lowest BCUT2D eigenvalue weighted by atomic mass is 9.87. The van der Waals surface area contributed by atoms with E-state index in [1.54, 1.807) is 0 Å². The zero-order valence-electron chi connectivity index (χ0n) is 11.9. The molecular formula is C16H19N3O. The zero-order valence-corrected chi connectivity index (χ0v) is 11.9. The molecule has 1 atom stereocenters. The van der Waals surface area contributed by atoms with E-state index in [1.165, 1.54) is 11.1 Å². The van der Waals surface area contributed by atoms with Crippen LogP contribution in [0.2, 0.25) is 0 Å². The summed E-state index contributed by atoms with van der Waals surface area (Å²) in [7, 11) is 0. The number of benzene rings is 1. The number of nitrogens with one attached hydrogen (secondary N) is 2. The summed E-state index contributed by atoms with van der Waals surface area (Å²) < 4.78 is 0. The third-order valence-electron chi connectivity index (χ3n) is 4.03. The normalized spacial score (nSPS) is 17.6. The number of amides is 1. The molecule has 0 fully saturated rings. The topological polar surface area (TPSA) is 57.8 Å². The molecule has 0 unspecified atom stereocenters. The maximum absolute atomic E-state index is 12.5. The van der Waals surface area contributed by atoms with Crippen LogP contribution in [0.5, 0.6) is 0 Å².